The van der Waals surface area contributed by atoms with Crippen molar-refractivity contribution in [2.75, 3.05) is 31.1 Å². The standard InChI is InChI=1S/C16H18ClFN4O/c1-2-22-11-14(17)15(19-22)16(23)21-9-7-20(8-10-21)13-5-3-12(18)4-6-13/h3-6,11H,2,7-10H2,1H3. The summed E-state index contributed by atoms with van der Waals surface area (Å²) >= 11 is 6.10. The second kappa shape index (κ2) is 6.58. The van der Waals surface area contributed by atoms with Crippen LogP contribution in [0.15, 0.2) is 30.5 Å². The van der Waals surface area contributed by atoms with E-state index < -0.39 is 0 Å². The second-order valence-corrected chi connectivity index (χ2v) is 5.84. The molecule has 1 amide bonds. The molecule has 2 heterocycles. The number of carbonyl (C=O) groups excluding carboxylic acids is 1. The number of carbonyl (C=O) groups is 1. The lowest BCUT2D eigenvalue weighted by Gasteiger charge is -2.35. The van der Waals surface area contributed by atoms with Crippen molar-refractivity contribution in [2.45, 2.75) is 13.5 Å². The largest absolute Gasteiger partial charge is 0.368 e. The predicted octanol–water partition coefficient (Wildman–Crippen LogP) is 2.66. The summed E-state index contributed by atoms with van der Waals surface area (Å²) in [4.78, 5) is 16.4. The minimum Gasteiger partial charge on any atom is -0.368 e. The van der Waals surface area contributed by atoms with Crippen LogP contribution < -0.4 is 4.90 Å². The van der Waals surface area contributed by atoms with Gasteiger partial charge in [-0.25, -0.2) is 4.39 Å². The zero-order valence-electron chi connectivity index (χ0n) is 12.9. The molecule has 1 saturated heterocycles. The van der Waals surface area contributed by atoms with E-state index in [2.05, 4.69) is 10.00 Å². The number of piperazine rings is 1. The van der Waals surface area contributed by atoms with Crippen LogP contribution in [-0.4, -0.2) is 46.8 Å². The van der Waals surface area contributed by atoms with Gasteiger partial charge in [-0.15, -0.1) is 0 Å². The number of rotatable bonds is 3. The van der Waals surface area contributed by atoms with Gasteiger partial charge in [0.1, 0.15) is 5.82 Å². The van der Waals surface area contributed by atoms with Crippen molar-refractivity contribution in [3.63, 3.8) is 0 Å². The van der Waals surface area contributed by atoms with Crippen molar-refractivity contribution in [1.29, 1.82) is 0 Å². The van der Waals surface area contributed by atoms with Crippen LogP contribution in [0, 0.1) is 5.82 Å². The Morgan fingerprint density at radius 1 is 1.22 bits per heavy atom. The average molecular weight is 337 g/mol. The predicted molar refractivity (Wildman–Crippen MR) is 87.4 cm³/mol. The third kappa shape index (κ3) is 3.32. The Labute approximate surface area is 139 Å². The number of hydrogen-bond donors (Lipinski definition) is 0. The molecule has 0 aliphatic carbocycles. The third-order valence-corrected chi connectivity index (χ3v) is 4.28. The van der Waals surface area contributed by atoms with E-state index in [1.807, 2.05) is 6.92 Å². The highest BCUT2D eigenvalue weighted by atomic mass is 35.5. The molecule has 1 aromatic carbocycles. The molecular formula is C16H18ClFN4O. The Bertz CT molecular complexity index is 693. The molecule has 0 N–H and O–H groups in total. The fourth-order valence-electron chi connectivity index (χ4n) is 2.67. The minimum atomic E-state index is -0.247. The number of amides is 1. The number of anilines is 1. The Kier molecular flexibility index (Phi) is 4.52. The van der Waals surface area contributed by atoms with Crippen LogP contribution in [0.2, 0.25) is 5.02 Å². The first-order valence-electron chi connectivity index (χ1n) is 7.61. The van der Waals surface area contributed by atoms with Crippen molar-refractivity contribution in [3.8, 4) is 0 Å². The SMILES string of the molecule is CCn1cc(Cl)c(C(=O)N2CCN(c3ccc(F)cc3)CC2)n1. The zero-order valence-corrected chi connectivity index (χ0v) is 13.6. The zero-order chi connectivity index (χ0) is 16.4. The molecule has 1 aromatic heterocycles. The first kappa shape index (κ1) is 15.8. The first-order chi connectivity index (χ1) is 11.1. The van der Waals surface area contributed by atoms with E-state index >= 15 is 0 Å². The Morgan fingerprint density at radius 2 is 1.87 bits per heavy atom. The van der Waals surface area contributed by atoms with Gasteiger partial charge in [0.05, 0.1) is 5.02 Å². The van der Waals surface area contributed by atoms with Crippen LogP contribution in [0.1, 0.15) is 17.4 Å². The summed E-state index contributed by atoms with van der Waals surface area (Å²) in [5, 5.41) is 4.62. The van der Waals surface area contributed by atoms with E-state index in [0.29, 0.717) is 43.4 Å². The molecule has 2 aromatic rings. The molecule has 3 rings (SSSR count). The molecule has 0 saturated carbocycles. The number of hydrogen-bond acceptors (Lipinski definition) is 3. The summed E-state index contributed by atoms with van der Waals surface area (Å²) in [5.74, 6) is -0.385. The maximum absolute atomic E-state index is 13.0. The molecule has 0 bridgehead atoms. The van der Waals surface area contributed by atoms with Crippen LogP contribution in [0.5, 0.6) is 0 Å². The van der Waals surface area contributed by atoms with E-state index in [1.165, 1.54) is 12.1 Å². The first-order valence-corrected chi connectivity index (χ1v) is 7.99. The highest BCUT2D eigenvalue weighted by Gasteiger charge is 2.25. The van der Waals surface area contributed by atoms with E-state index in [4.69, 9.17) is 11.6 Å². The van der Waals surface area contributed by atoms with E-state index in [1.54, 1.807) is 27.9 Å². The Morgan fingerprint density at radius 3 is 2.43 bits per heavy atom. The fraction of sp³-hybridized carbons (Fsp3) is 0.375. The summed E-state index contributed by atoms with van der Waals surface area (Å²) in [6, 6.07) is 6.41. The van der Waals surface area contributed by atoms with Gasteiger partial charge in [-0.3, -0.25) is 9.48 Å². The maximum Gasteiger partial charge on any atom is 0.276 e. The lowest BCUT2D eigenvalue weighted by atomic mass is 10.2. The molecule has 7 heteroatoms. The number of nitrogens with zero attached hydrogens (tertiary/aromatic N) is 4. The van der Waals surface area contributed by atoms with Gasteiger partial charge in [0.25, 0.3) is 5.91 Å². The summed E-state index contributed by atoms with van der Waals surface area (Å²) in [5.41, 5.74) is 1.27. The molecule has 5 nitrogen and oxygen atoms in total. The molecule has 122 valence electrons. The molecule has 0 spiro atoms. The fourth-order valence-corrected chi connectivity index (χ4v) is 2.90. The topological polar surface area (TPSA) is 41.4 Å². The van der Waals surface area contributed by atoms with Gasteiger partial charge in [0, 0.05) is 44.6 Å². The molecule has 1 aliphatic rings. The van der Waals surface area contributed by atoms with Crippen LogP contribution in [0.25, 0.3) is 0 Å². The van der Waals surface area contributed by atoms with Crippen molar-refractivity contribution < 1.29 is 9.18 Å². The highest BCUT2D eigenvalue weighted by molar-refractivity contribution is 6.33. The number of halogens is 2. The van der Waals surface area contributed by atoms with Gasteiger partial charge in [0.15, 0.2) is 5.69 Å². The maximum atomic E-state index is 13.0. The molecule has 0 atom stereocenters. The summed E-state index contributed by atoms with van der Waals surface area (Å²) < 4.78 is 14.6. The molecule has 1 aliphatic heterocycles. The summed E-state index contributed by atoms with van der Waals surface area (Å²) in [7, 11) is 0. The van der Waals surface area contributed by atoms with Crippen molar-refractivity contribution in [2.24, 2.45) is 0 Å². The molecule has 1 fully saturated rings. The van der Waals surface area contributed by atoms with Crippen molar-refractivity contribution in [1.82, 2.24) is 14.7 Å². The number of aromatic nitrogens is 2. The average Bonchev–Trinajstić information content (AvgIpc) is 2.96. The minimum absolute atomic E-state index is 0.138. The van der Waals surface area contributed by atoms with Gasteiger partial charge in [0.2, 0.25) is 0 Å². The number of aryl methyl sites for hydroxylation is 1. The van der Waals surface area contributed by atoms with Crippen LogP contribution in [0.4, 0.5) is 10.1 Å². The second-order valence-electron chi connectivity index (χ2n) is 5.44. The van der Waals surface area contributed by atoms with Gasteiger partial charge in [-0.2, -0.15) is 5.10 Å². The monoisotopic (exact) mass is 336 g/mol. The Balaban J connectivity index is 1.65. The highest BCUT2D eigenvalue weighted by Crippen LogP contribution is 2.20. The van der Waals surface area contributed by atoms with Crippen LogP contribution in [0.3, 0.4) is 0 Å². The Hall–Kier alpha value is -2.08. The number of benzene rings is 1. The van der Waals surface area contributed by atoms with Gasteiger partial charge in [-0.1, -0.05) is 11.6 Å². The lowest BCUT2D eigenvalue weighted by Crippen LogP contribution is -2.49. The molecular weight excluding hydrogens is 319 g/mol. The van der Waals surface area contributed by atoms with Crippen LogP contribution >= 0.6 is 11.6 Å². The quantitative estimate of drug-likeness (QED) is 0.865. The van der Waals surface area contributed by atoms with Gasteiger partial charge in [-0.05, 0) is 31.2 Å². The van der Waals surface area contributed by atoms with Gasteiger partial charge < -0.3 is 9.80 Å². The van der Waals surface area contributed by atoms with E-state index in [-0.39, 0.29) is 11.7 Å². The summed E-state index contributed by atoms with van der Waals surface area (Å²) in [6.45, 7) is 5.19. The third-order valence-electron chi connectivity index (χ3n) is 4.00. The summed E-state index contributed by atoms with van der Waals surface area (Å²) in [6.07, 6.45) is 1.67. The lowest BCUT2D eigenvalue weighted by molar-refractivity contribution is 0.0740. The molecule has 0 unspecified atom stereocenters. The van der Waals surface area contributed by atoms with Crippen LogP contribution in [-0.2, 0) is 6.54 Å². The van der Waals surface area contributed by atoms with Gasteiger partial charge >= 0.3 is 0 Å². The smallest absolute Gasteiger partial charge is 0.276 e. The molecule has 0 radical (unpaired) electrons. The van der Waals surface area contributed by atoms with Crippen molar-refractivity contribution in [3.05, 3.63) is 47.0 Å². The van der Waals surface area contributed by atoms with E-state index in [9.17, 15) is 9.18 Å². The van der Waals surface area contributed by atoms with Crippen molar-refractivity contribution >= 4 is 23.2 Å². The van der Waals surface area contributed by atoms with E-state index in [0.717, 1.165) is 5.69 Å². The normalized spacial score (nSPS) is 15.1. The molecule has 23 heavy (non-hydrogen) atoms.